The number of ether oxygens (including phenoxy) is 5. The fraction of sp³-hybridized carbons (Fsp3) is 0.650. The molecule has 0 aliphatic carbocycles. The SMILES string of the molecule is C[C@@]12O[C@@H]3C[C@@H]4OC(c5ccccc5)OC[C@H]4O[C@H]3C[C@H]1OC(=O)C[C@@H]2O. The Labute approximate surface area is 157 Å². The van der Waals surface area contributed by atoms with Crippen molar-refractivity contribution < 1.29 is 33.6 Å². The number of hydrogen-bond acceptors (Lipinski definition) is 7. The summed E-state index contributed by atoms with van der Waals surface area (Å²) >= 11 is 0. The van der Waals surface area contributed by atoms with Gasteiger partial charge in [-0.3, -0.25) is 4.79 Å². The lowest BCUT2D eigenvalue weighted by atomic mass is 9.79. The summed E-state index contributed by atoms with van der Waals surface area (Å²) in [7, 11) is 0. The highest BCUT2D eigenvalue weighted by atomic mass is 16.7. The van der Waals surface area contributed by atoms with Gasteiger partial charge in [-0.1, -0.05) is 30.3 Å². The van der Waals surface area contributed by atoms with Gasteiger partial charge in [0.1, 0.15) is 17.8 Å². The van der Waals surface area contributed by atoms with Crippen molar-refractivity contribution >= 4 is 5.97 Å². The lowest BCUT2D eigenvalue weighted by Gasteiger charge is -2.55. The summed E-state index contributed by atoms with van der Waals surface area (Å²) in [5, 5.41) is 10.4. The van der Waals surface area contributed by atoms with Crippen molar-refractivity contribution in [2.45, 2.75) is 74.7 Å². The highest BCUT2D eigenvalue weighted by Crippen LogP contribution is 2.44. The number of rotatable bonds is 1. The Kier molecular flexibility index (Phi) is 4.25. The van der Waals surface area contributed by atoms with Crippen LogP contribution in [0.3, 0.4) is 0 Å². The van der Waals surface area contributed by atoms with E-state index in [1.165, 1.54) is 0 Å². The zero-order valence-corrected chi connectivity index (χ0v) is 15.2. The third-order valence-electron chi connectivity index (χ3n) is 6.21. The Hall–Kier alpha value is -1.51. The smallest absolute Gasteiger partial charge is 0.308 e. The molecule has 27 heavy (non-hydrogen) atoms. The minimum Gasteiger partial charge on any atom is -0.459 e. The predicted molar refractivity (Wildman–Crippen MR) is 91.7 cm³/mol. The van der Waals surface area contributed by atoms with Crippen molar-refractivity contribution in [3.05, 3.63) is 35.9 Å². The van der Waals surface area contributed by atoms with E-state index in [0.29, 0.717) is 19.4 Å². The van der Waals surface area contributed by atoms with Crippen LogP contribution in [-0.4, -0.2) is 59.9 Å². The molecule has 8 atom stereocenters. The molecule has 4 heterocycles. The maximum absolute atomic E-state index is 11.7. The fourth-order valence-electron chi connectivity index (χ4n) is 4.59. The highest BCUT2D eigenvalue weighted by Gasteiger charge is 2.58. The quantitative estimate of drug-likeness (QED) is 0.744. The molecular formula is C20H24O7. The molecule has 0 spiro atoms. The first-order chi connectivity index (χ1) is 13.0. The van der Waals surface area contributed by atoms with Gasteiger partial charge in [0.05, 0.1) is 37.4 Å². The summed E-state index contributed by atoms with van der Waals surface area (Å²) in [4.78, 5) is 11.7. The van der Waals surface area contributed by atoms with E-state index in [-0.39, 0.29) is 30.8 Å². The number of hydrogen-bond donors (Lipinski definition) is 1. The molecule has 1 aromatic carbocycles. The Morgan fingerprint density at radius 1 is 1.04 bits per heavy atom. The Bertz CT molecular complexity index is 710. The van der Waals surface area contributed by atoms with E-state index in [4.69, 9.17) is 23.7 Å². The Balaban J connectivity index is 1.32. The van der Waals surface area contributed by atoms with Crippen LogP contribution in [0.15, 0.2) is 30.3 Å². The molecule has 1 unspecified atom stereocenters. The van der Waals surface area contributed by atoms with Crippen LogP contribution in [0.2, 0.25) is 0 Å². The second-order valence-corrected chi connectivity index (χ2v) is 7.97. The van der Waals surface area contributed by atoms with Crippen LogP contribution in [-0.2, 0) is 28.5 Å². The van der Waals surface area contributed by atoms with Crippen LogP contribution in [0.5, 0.6) is 0 Å². The van der Waals surface area contributed by atoms with Crippen molar-refractivity contribution in [2.24, 2.45) is 0 Å². The topological polar surface area (TPSA) is 83.5 Å². The van der Waals surface area contributed by atoms with Crippen LogP contribution in [0, 0.1) is 0 Å². The van der Waals surface area contributed by atoms with E-state index in [0.717, 1.165) is 5.56 Å². The molecule has 0 aromatic heterocycles. The third-order valence-corrected chi connectivity index (χ3v) is 6.21. The molecule has 4 aliphatic rings. The molecule has 4 fully saturated rings. The summed E-state index contributed by atoms with van der Waals surface area (Å²) in [6.07, 6.45) is -1.42. The normalized spacial score (nSPS) is 46.6. The first-order valence-electron chi connectivity index (χ1n) is 9.56. The van der Waals surface area contributed by atoms with Gasteiger partial charge in [-0.2, -0.15) is 0 Å². The monoisotopic (exact) mass is 376 g/mol. The zero-order chi connectivity index (χ0) is 18.6. The van der Waals surface area contributed by atoms with Crippen LogP contribution >= 0.6 is 0 Å². The van der Waals surface area contributed by atoms with Gasteiger partial charge in [-0.25, -0.2) is 0 Å². The number of aliphatic hydroxyl groups excluding tert-OH is 1. The van der Waals surface area contributed by atoms with Gasteiger partial charge >= 0.3 is 5.97 Å². The number of aliphatic hydroxyl groups is 1. The lowest BCUT2D eigenvalue weighted by molar-refractivity contribution is -0.343. The second kappa shape index (κ2) is 6.53. The Morgan fingerprint density at radius 3 is 2.63 bits per heavy atom. The molecule has 0 bridgehead atoms. The maximum atomic E-state index is 11.7. The molecule has 146 valence electrons. The highest BCUT2D eigenvalue weighted by molar-refractivity contribution is 5.71. The van der Waals surface area contributed by atoms with E-state index in [1.54, 1.807) is 0 Å². The Morgan fingerprint density at radius 2 is 1.81 bits per heavy atom. The molecule has 7 heteroatoms. The molecule has 1 N–H and O–H groups in total. The molecule has 7 nitrogen and oxygen atoms in total. The van der Waals surface area contributed by atoms with Crippen molar-refractivity contribution in [3.8, 4) is 0 Å². The summed E-state index contributed by atoms with van der Waals surface area (Å²) in [5.74, 6) is -0.393. The van der Waals surface area contributed by atoms with Gasteiger partial charge in [0, 0.05) is 18.4 Å². The first kappa shape index (κ1) is 17.6. The van der Waals surface area contributed by atoms with E-state index in [9.17, 15) is 9.90 Å². The fourth-order valence-corrected chi connectivity index (χ4v) is 4.59. The molecule has 5 rings (SSSR count). The predicted octanol–water partition coefficient (Wildman–Crippen LogP) is 1.48. The number of fused-ring (bicyclic) bond motifs is 3. The lowest BCUT2D eigenvalue weighted by Crippen LogP contribution is -2.67. The van der Waals surface area contributed by atoms with E-state index >= 15 is 0 Å². The number of benzene rings is 1. The first-order valence-corrected chi connectivity index (χ1v) is 9.56. The van der Waals surface area contributed by atoms with E-state index < -0.39 is 30.1 Å². The molecule has 0 amide bonds. The molecule has 0 saturated carbocycles. The van der Waals surface area contributed by atoms with Gasteiger partial charge in [-0.05, 0) is 6.92 Å². The average molecular weight is 376 g/mol. The second-order valence-electron chi connectivity index (χ2n) is 7.97. The van der Waals surface area contributed by atoms with Gasteiger partial charge in [0.25, 0.3) is 0 Å². The molecule has 1 aromatic rings. The average Bonchev–Trinajstić information content (AvgIpc) is 2.66. The minimum atomic E-state index is -0.907. The molecular weight excluding hydrogens is 352 g/mol. The minimum absolute atomic E-state index is 0.0439. The summed E-state index contributed by atoms with van der Waals surface area (Å²) < 4.78 is 29.9. The standard InChI is InChI=1S/C20H24O7/c1-20-16(21)9-18(22)26-17(20)8-13-14(27-20)7-12-15(24-13)10-23-19(25-12)11-5-3-2-4-6-11/h2-6,12-17,19,21H,7-10H2,1H3/t12-,13-,14+,15+,16-,17+,19?,20-/m0/s1. The van der Waals surface area contributed by atoms with E-state index in [1.807, 2.05) is 37.3 Å². The van der Waals surface area contributed by atoms with Crippen molar-refractivity contribution in [2.75, 3.05) is 6.61 Å². The largest absolute Gasteiger partial charge is 0.459 e. The van der Waals surface area contributed by atoms with Gasteiger partial charge in [-0.15, -0.1) is 0 Å². The van der Waals surface area contributed by atoms with E-state index in [2.05, 4.69) is 0 Å². The zero-order valence-electron chi connectivity index (χ0n) is 15.2. The van der Waals surface area contributed by atoms with Gasteiger partial charge in [0.15, 0.2) is 6.29 Å². The number of carbonyl (C=O) groups is 1. The van der Waals surface area contributed by atoms with Crippen LogP contribution in [0.1, 0.15) is 38.0 Å². The summed E-state index contributed by atoms with van der Waals surface area (Å²) in [5.41, 5.74) is 0.0687. The molecule has 0 radical (unpaired) electrons. The van der Waals surface area contributed by atoms with Crippen LogP contribution < -0.4 is 0 Å². The van der Waals surface area contributed by atoms with Gasteiger partial charge in [0.2, 0.25) is 0 Å². The number of esters is 1. The van der Waals surface area contributed by atoms with Crippen LogP contribution in [0.4, 0.5) is 0 Å². The third kappa shape index (κ3) is 2.98. The van der Waals surface area contributed by atoms with Crippen molar-refractivity contribution in [3.63, 3.8) is 0 Å². The van der Waals surface area contributed by atoms with Crippen molar-refractivity contribution in [1.82, 2.24) is 0 Å². The summed E-state index contributed by atoms with van der Waals surface area (Å²) in [6.45, 7) is 2.26. The maximum Gasteiger partial charge on any atom is 0.308 e. The van der Waals surface area contributed by atoms with Crippen LogP contribution in [0.25, 0.3) is 0 Å². The molecule has 4 aliphatic heterocycles. The van der Waals surface area contributed by atoms with Crippen molar-refractivity contribution in [1.29, 1.82) is 0 Å². The molecule has 4 saturated heterocycles. The van der Waals surface area contributed by atoms with Gasteiger partial charge < -0.3 is 28.8 Å². The summed E-state index contributed by atoms with van der Waals surface area (Å²) in [6, 6.07) is 9.83. The number of carbonyl (C=O) groups excluding carboxylic acids is 1.